The number of hydrogen-bond donors (Lipinski definition) is 4. The summed E-state index contributed by atoms with van der Waals surface area (Å²) in [5.41, 5.74) is 2.97. The van der Waals surface area contributed by atoms with E-state index in [1.165, 1.54) is 7.11 Å². The molecule has 5 rings (SSSR count). The van der Waals surface area contributed by atoms with Crippen LogP contribution >= 0.6 is 0 Å². The van der Waals surface area contributed by atoms with Crippen LogP contribution in [0.15, 0.2) is 36.5 Å². The second-order valence-electron chi connectivity index (χ2n) is 8.88. The van der Waals surface area contributed by atoms with Gasteiger partial charge in [-0.15, -0.1) is 0 Å². The average Bonchev–Trinajstić information content (AvgIpc) is 2.90. The zero-order valence-electron chi connectivity index (χ0n) is 20.2. The van der Waals surface area contributed by atoms with Gasteiger partial charge in [0.05, 0.1) is 38.9 Å². The summed E-state index contributed by atoms with van der Waals surface area (Å²) in [4.78, 5) is 0. The minimum atomic E-state index is -1.53. The minimum absolute atomic E-state index is 0.321. The summed E-state index contributed by atoms with van der Waals surface area (Å²) in [5, 5.41) is 41.9. The number of aliphatic hydroxyl groups is 4. The van der Waals surface area contributed by atoms with Crippen molar-refractivity contribution in [3.63, 3.8) is 0 Å². The smallest absolute Gasteiger partial charge is 0.229 e. The first kappa shape index (κ1) is 24.5. The third-order valence-corrected chi connectivity index (χ3v) is 6.88. The topological polar surface area (TPSA) is 131 Å². The SMILES string of the molecule is COc1cc2c(cc1O[C@@H]1O[C@H](CO)[C@@H](O)[C@H](O)[C@H]1O)CC[n+]1cc3c(OC)c(OC)ccc3cc1-2. The Labute approximate surface area is 207 Å². The molecule has 36 heavy (non-hydrogen) atoms. The van der Waals surface area contributed by atoms with E-state index in [9.17, 15) is 20.4 Å². The van der Waals surface area contributed by atoms with E-state index in [1.807, 2.05) is 24.3 Å². The summed E-state index contributed by atoms with van der Waals surface area (Å²) < 4.78 is 30.2. The lowest BCUT2D eigenvalue weighted by molar-refractivity contribution is -0.686. The second-order valence-corrected chi connectivity index (χ2v) is 8.88. The number of aryl methyl sites for hydroxylation is 2. The Morgan fingerprint density at radius 1 is 0.917 bits per heavy atom. The van der Waals surface area contributed by atoms with Crippen LogP contribution in [0.4, 0.5) is 0 Å². The van der Waals surface area contributed by atoms with Crippen molar-refractivity contribution in [2.24, 2.45) is 0 Å². The number of aromatic nitrogens is 1. The molecule has 0 bridgehead atoms. The fourth-order valence-electron chi connectivity index (χ4n) is 4.93. The van der Waals surface area contributed by atoms with Gasteiger partial charge in [0, 0.05) is 12.5 Å². The van der Waals surface area contributed by atoms with Gasteiger partial charge in [0.25, 0.3) is 0 Å². The van der Waals surface area contributed by atoms with Crippen molar-refractivity contribution in [2.75, 3.05) is 27.9 Å². The first-order valence-corrected chi connectivity index (χ1v) is 11.7. The van der Waals surface area contributed by atoms with Gasteiger partial charge < -0.3 is 44.1 Å². The van der Waals surface area contributed by atoms with Crippen LogP contribution in [-0.2, 0) is 17.7 Å². The summed E-state index contributed by atoms with van der Waals surface area (Å²) in [5.74, 6) is 2.07. The minimum Gasteiger partial charge on any atom is -0.493 e. The molecule has 2 aliphatic heterocycles. The van der Waals surface area contributed by atoms with Gasteiger partial charge in [-0.25, -0.2) is 0 Å². The maximum absolute atomic E-state index is 10.4. The molecule has 10 heteroatoms. The van der Waals surface area contributed by atoms with Crippen molar-refractivity contribution in [1.29, 1.82) is 0 Å². The summed E-state index contributed by atoms with van der Waals surface area (Å²) >= 11 is 0. The lowest BCUT2D eigenvalue weighted by atomic mass is 9.95. The lowest BCUT2D eigenvalue weighted by Crippen LogP contribution is -2.60. The van der Waals surface area contributed by atoms with Gasteiger partial charge in [-0.3, -0.25) is 0 Å². The summed E-state index contributed by atoms with van der Waals surface area (Å²) in [6.45, 7) is 0.176. The van der Waals surface area contributed by atoms with Gasteiger partial charge in [-0.05, 0) is 35.2 Å². The van der Waals surface area contributed by atoms with E-state index in [-0.39, 0.29) is 0 Å². The molecule has 0 radical (unpaired) electrons. The number of methoxy groups -OCH3 is 3. The van der Waals surface area contributed by atoms with Gasteiger partial charge in [-0.1, -0.05) is 0 Å². The van der Waals surface area contributed by atoms with E-state index in [1.54, 1.807) is 14.2 Å². The molecule has 0 aliphatic carbocycles. The number of nitrogens with zero attached hydrogens (tertiary/aromatic N) is 1. The van der Waals surface area contributed by atoms with E-state index < -0.39 is 37.3 Å². The number of pyridine rings is 1. The molecule has 0 amide bonds. The Hall–Kier alpha value is -3.15. The standard InChI is InChI=1S/C26H30NO9/c1-32-18-5-4-13-8-17-15-10-19(33-2)20(35-26-24(31)23(30)22(29)21(12-28)36-26)9-14(15)6-7-27(17)11-16(13)25(18)34-3/h4-5,8-11,21-24,26,28-31H,6-7,12H2,1-3H3/q+1/t21-,22-,23+,24-,26-/m1/s1. The van der Waals surface area contributed by atoms with Crippen molar-refractivity contribution >= 4 is 10.8 Å². The van der Waals surface area contributed by atoms with Crippen molar-refractivity contribution in [3.05, 3.63) is 42.1 Å². The quantitative estimate of drug-likeness (QED) is 0.359. The van der Waals surface area contributed by atoms with Crippen molar-refractivity contribution in [1.82, 2.24) is 0 Å². The second kappa shape index (κ2) is 9.72. The molecule has 192 valence electrons. The van der Waals surface area contributed by atoms with Gasteiger partial charge in [-0.2, -0.15) is 4.57 Å². The molecule has 4 N–H and O–H groups in total. The lowest BCUT2D eigenvalue weighted by Gasteiger charge is -2.39. The van der Waals surface area contributed by atoms with Crippen LogP contribution in [0.2, 0.25) is 0 Å². The number of hydrogen-bond acceptors (Lipinski definition) is 9. The number of fused-ring (bicyclic) bond motifs is 4. The van der Waals surface area contributed by atoms with Gasteiger partial charge in [0.1, 0.15) is 24.4 Å². The maximum atomic E-state index is 10.4. The third-order valence-electron chi connectivity index (χ3n) is 6.88. The van der Waals surface area contributed by atoms with Gasteiger partial charge in [0.2, 0.25) is 12.0 Å². The highest BCUT2D eigenvalue weighted by atomic mass is 16.7. The molecule has 2 aliphatic rings. The summed E-state index contributed by atoms with van der Waals surface area (Å²) in [7, 11) is 4.75. The van der Waals surface area contributed by atoms with Gasteiger partial charge in [0.15, 0.2) is 35.7 Å². The van der Waals surface area contributed by atoms with Crippen LogP contribution < -0.4 is 23.5 Å². The fourth-order valence-corrected chi connectivity index (χ4v) is 4.93. The molecular weight excluding hydrogens is 470 g/mol. The predicted molar refractivity (Wildman–Crippen MR) is 127 cm³/mol. The summed E-state index contributed by atoms with van der Waals surface area (Å²) in [6, 6.07) is 9.65. The molecule has 3 heterocycles. The van der Waals surface area contributed by atoms with Crippen molar-refractivity contribution < 1.29 is 48.7 Å². The molecule has 0 unspecified atom stereocenters. The zero-order chi connectivity index (χ0) is 25.6. The number of rotatable bonds is 6. The molecular formula is C26H30NO9+. The van der Waals surface area contributed by atoms with E-state index in [2.05, 4.69) is 16.8 Å². The monoisotopic (exact) mass is 500 g/mol. The molecule has 0 spiro atoms. The molecule has 3 aromatic rings. The molecule has 0 saturated carbocycles. The highest BCUT2D eigenvalue weighted by Gasteiger charge is 2.45. The van der Waals surface area contributed by atoms with E-state index >= 15 is 0 Å². The maximum Gasteiger partial charge on any atom is 0.229 e. The number of benzene rings is 2. The normalized spacial score (nSPS) is 25.1. The van der Waals surface area contributed by atoms with Gasteiger partial charge >= 0.3 is 0 Å². The molecule has 1 saturated heterocycles. The Balaban J connectivity index is 1.53. The van der Waals surface area contributed by atoms with Crippen LogP contribution in [-0.4, -0.2) is 79.1 Å². The first-order valence-electron chi connectivity index (χ1n) is 11.7. The molecule has 10 nitrogen and oxygen atoms in total. The highest BCUT2D eigenvalue weighted by Crippen LogP contribution is 2.41. The van der Waals surface area contributed by atoms with Crippen LogP contribution in [0.3, 0.4) is 0 Å². The van der Waals surface area contributed by atoms with Crippen LogP contribution in [0.1, 0.15) is 5.56 Å². The zero-order valence-corrected chi connectivity index (χ0v) is 20.2. The Morgan fingerprint density at radius 3 is 2.39 bits per heavy atom. The Bertz CT molecular complexity index is 1280. The fraction of sp³-hybridized carbons (Fsp3) is 0.423. The Kier molecular flexibility index (Phi) is 6.62. The number of ether oxygens (including phenoxy) is 5. The Morgan fingerprint density at radius 2 is 1.69 bits per heavy atom. The van der Waals surface area contributed by atoms with E-state index in [0.29, 0.717) is 36.0 Å². The van der Waals surface area contributed by atoms with Crippen LogP contribution in [0.25, 0.3) is 22.0 Å². The predicted octanol–water partition coefficient (Wildman–Crippen LogP) is 0.555. The summed E-state index contributed by atoms with van der Waals surface area (Å²) in [6.07, 6.45) is -4.11. The first-order chi connectivity index (χ1) is 17.4. The average molecular weight is 501 g/mol. The largest absolute Gasteiger partial charge is 0.493 e. The molecule has 1 fully saturated rings. The van der Waals surface area contributed by atoms with Crippen LogP contribution in [0, 0.1) is 0 Å². The molecule has 5 atom stereocenters. The number of aliphatic hydroxyl groups excluding tert-OH is 4. The van der Waals surface area contributed by atoms with E-state index in [0.717, 1.165) is 27.6 Å². The van der Waals surface area contributed by atoms with E-state index in [4.69, 9.17) is 23.7 Å². The molecule has 2 aromatic carbocycles. The van der Waals surface area contributed by atoms with Crippen molar-refractivity contribution in [2.45, 2.75) is 43.7 Å². The third kappa shape index (κ3) is 4.00. The molecule has 1 aromatic heterocycles. The van der Waals surface area contributed by atoms with Crippen LogP contribution in [0.5, 0.6) is 23.0 Å². The van der Waals surface area contributed by atoms with Crippen molar-refractivity contribution in [3.8, 4) is 34.3 Å². The highest BCUT2D eigenvalue weighted by molar-refractivity contribution is 5.91.